The number of hydrogen-bond donors (Lipinski definition) is 2. The van der Waals surface area contributed by atoms with E-state index in [1.165, 1.54) is 14.0 Å². The second kappa shape index (κ2) is 7.78. The summed E-state index contributed by atoms with van der Waals surface area (Å²) < 4.78 is 18.9. The number of amides is 4. The number of carbonyl (C=O) groups is 3. The zero-order valence-corrected chi connectivity index (χ0v) is 16.0. The number of nitrogens with zero attached hydrogens (tertiary/aromatic N) is 2. The van der Waals surface area contributed by atoms with Crippen molar-refractivity contribution in [2.75, 3.05) is 19.0 Å². The van der Waals surface area contributed by atoms with E-state index in [1.54, 1.807) is 24.3 Å². The Bertz CT molecular complexity index is 1040. The van der Waals surface area contributed by atoms with Gasteiger partial charge in [-0.25, -0.2) is 9.18 Å². The van der Waals surface area contributed by atoms with Crippen LogP contribution < -0.4 is 15.4 Å². The van der Waals surface area contributed by atoms with Gasteiger partial charge in [0.1, 0.15) is 23.7 Å². The Kier molecular flexibility index (Phi) is 5.37. The van der Waals surface area contributed by atoms with Crippen LogP contribution in [-0.4, -0.2) is 41.3 Å². The molecule has 11 heteroatoms. The van der Waals surface area contributed by atoms with E-state index >= 15 is 0 Å². The second-order valence-corrected chi connectivity index (χ2v) is 6.64. The van der Waals surface area contributed by atoms with Crippen LogP contribution in [0.2, 0.25) is 0 Å². The van der Waals surface area contributed by atoms with E-state index in [0.29, 0.717) is 16.2 Å². The quantitative estimate of drug-likeness (QED) is 0.421. The summed E-state index contributed by atoms with van der Waals surface area (Å²) in [4.78, 5) is 48.2. The Hall–Kier alpha value is -4.02. The van der Waals surface area contributed by atoms with Gasteiger partial charge >= 0.3 is 6.03 Å². The van der Waals surface area contributed by atoms with Crippen molar-refractivity contribution in [2.45, 2.75) is 12.5 Å². The number of nitro groups is 1. The molecule has 1 saturated heterocycles. The number of halogens is 1. The summed E-state index contributed by atoms with van der Waals surface area (Å²) in [5, 5.41) is 15.5. The number of non-ortho nitro benzene ring substituents is 1. The van der Waals surface area contributed by atoms with Crippen LogP contribution in [0.25, 0.3) is 0 Å². The highest BCUT2D eigenvalue weighted by molar-refractivity contribution is 6.10. The molecule has 0 saturated carbocycles. The van der Waals surface area contributed by atoms with Crippen LogP contribution >= 0.6 is 0 Å². The molecule has 1 aliphatic rings. The summed E-state index contributed by atoms with van der Waals surface area (Å²) in [6.45, 7) is 0.797. The molecular formula is C19H17FN4O6. The minimum Gasteiger partial charge on any atom is -0.497 e. The highest BCUT2D eigenvalue weighted by atomic mass is 19.1. The highest BCUT2D eigenvalue weighted by Gasteiger charge is 2.49. The molecule has 2 aromatic carbocycles. The number of rotatable bonds is 6. The van der Waals surface area contributed by atoms with E-state index in [2.05, 4.69) is 10.6 Å². The van der Waals surface area contributed by atoms with E-state index in [9.17, 15) is 28.9 Å². The van der Waals surface area contributed by atoms with Crippen molar-refractivity contribution in [3.63, 3.8) is 0 Å². The fourth-order valence-electron chi connectivity index (χ4n) is 3.02. The van der Waals surface area contributed by atoms with Crippen molar-refractivity contribution in [3.8, 4) is 5.75 Å². The van der Waals surface area contributed by atoms with Crippen molar-refractivity contribution < 1.29 is 28.4 Å². The van der Waals surface area contributed by atoms with Crippen molar-refractivity contribution in [1.82, 2.24) is 10.2 Å². The monoisotopic (exact) mass is 416 g/mol. The second-order valence-electron chi connectivity index (χ2n) is 6.64. The fraction of sp³-hybridized carbons (Fsp3) is 0.211. The summed E-state index contributed by atoms with van der Waals surface area (Å²) in [5.41, 5.74) is -1.78. The van der Waals surface area contributed by atoms with Crippen LogP contribution in [0.1, 0.15) is 12.5 Å². The van der Waals surface area contributed by atoms with E-state index in [1.807, 2.05) is 0 Å². The maximum absolute atomic E-state index is 13.9. The first-order chi connectivity index (χ1) is 14.2. The molecule has 1 fully saturated rings. The molecule has 0 aromatic heterocycles. The van der Waals surface area contributed by atoms with Gasteiger partial charge in [-0.15, -0.1) is 0 Å². The van der Waals surface area contributed by atoms with Gasteiger partial charge in [0.05, 0.1) is 17.7 Å². The standard InChI is InChI=1S/C19H17FN4O6/c1-19(11-3-6-13(30-2)7-4-11)17(26)23(18(27)22-19)10-16(25)21-15-9-12(24(28)29)5-8-14(15)20/h3-9H,10H2,1-2H3,(H,21,25)(H,22,27). The average Bonchev–Trinajstić information content (AvgIpc) is 2.93. The number of benzene rings is 2. The molecular weight excluding hydrogens is 399 g/mol. The maximum atomic E-state index is 13.9. The van der Waals surface area contributed by atoms with Gasteiger partial charge in [-0.05, 0) is 30.7 Å². The molecule has 30 heavy (non-hydrogen) atoms. The van der Waals surface area contributed by atoms with Crippen molar-refractivity contribution in [1.29, 1.82) is 0 Å². The van der Waals surface area contributed by atoms with Crippen LogP contribution in [0.3, 0.4) is 0 Å². The van der Waals surface area contributed by atoms with E-state index in [-0.39, 0.29) is 0 Å². The van der Waals surface area contributed by atoms with Gasteiger partial charge < -0.3 is 15.4 Å². The fourth-order valence-corrected chi connectivity index (χ4v) is 3.02. The Morgan fingerprint density at radius 2 is 1.93 bits per heavy atom. The lowest BCUT2D eigenvalue weighted by molar-refractivity contribution is -0.384. The molecule has 0 radical (unpaired) electrons. The molecule has 1 unspecified atom stereocenters. The number of hydrogen-bond acceptors (Lipinski definition) is 6. The maximum Gasteiger partial charge on any atom is 0.325 e. The highest BCUT2D eigenvalue weighted by Crippen LogP contribution is 2.30. The Labute approximate surface area is 169 Å². The van der Waals surface area contributed by atoms with Gasteiger partial charge in [0.25, 0.3) is 11.6 Å². The van der Waals surface area contributed by atoms with Crippen LogP contribution in [0.4, 0.5) is 20.6 Å². The molecule has 0 spiro atoms. The average molecular weight is 416 g/mol. The summed E-state index contributed by atoms with van der Waals surface area (Å²) in [6, 6.07) is 8.30. The lowest BCUT2D eigenvalue weighted by Gasteiger charge is -2.22. The Morgan fingerprint density at radius 3 is 2.53 bits per heavy atom. The van der Waals surface area contributed by atoms with Crippen LogP contribution in [0.15, 0.2) is 42.5 Å². The molecule has 3 rings (SSSR count). The summed E-state index contributed by atoms with van der Waals surface area (Å²) in [7, 11) is 1.49. The van der Waals surface area contributed by atoms with Gasteiger partial charge in [-0.2, -0.15) is 0 Å². The first kappa shape index (κ1) is 20.7. The normalized spacial score (nSPS) is 18.2. The number of ether oxygens (including phenoxy) is 1. The van der Waals surface area contributed by atoms with Crippen LogP contribution in [-0.2, 0) is 15.1 Å². The number of nitrogens with one attached hydrogen (secondary N) is 2. The smallest absolute Gasteiger partial charge is 0.325 e. The third-order valence-corrected chi connectivity index (χ3v) is 4.68. The summed E-state index contributed by atoms with van der Waals surface area (Å²) in [6.07, 6.45) is 0. The van der Waals surface area contributed by atoms with E-state index in [4.69, 9.17) is 4.74 Å². The third-order valence-electron chi connectivity index (χ3n) is 4.68. The minimum absolute atomic E-state index is 0.422. The minimum atomic E-state index is -1.40. The number of methoxy groups -OCH3 is 1. The number of anilines is 1. The van der Waals surface area contributed by atoms with Crippen molar-refractivity contribution in [2.24, 2.45) is 0 Å². The topological polar surface area (TPSA) is 131 Å². The molecule has 10 nitrogen and oxygen atoms in total. The number of nitro benzene ring substituents is 1. The van der Waals surface area contributed by atoms with E-state index in [0.717, 1.165) is 18.2 Å². The van der Waals surface area contributed by atoms with Gasteiger partial charge in [-0.1, -0.05) is 12.1 Å². The molecule has 4 amide bonds. The number of imide groups is 1. The first-order valence-electron chi connectivity index (χ1n) is 8.68. The van der Waals surface area contributed by atoms with E-state index < -0.39 is 52.0 Å². The molecule has 1 atom stereocenters. The zero-order valence-electron chi connectivity index (χ0n) is 16.0. The predicted octanol–water partition coefficient (Wildman–Crippen LogP) is 2.15. The van der Waals surface area contributed by atoms with Gasteiger partial charge in [0.15, 0.2) is 0 Å². The lowest BCUT2D eigenvalue weighted by Crippen LogP contribution is -2.42. The van der Waals surface area contributed by atoms with Gasteiger partial charge in [-0.3, -0.25) is 24.6 Å². The molecule has 0 aliphatic carbocycles. The molecule has 156 valence electrons. The summed E-state index contributed by atoms with van der Waals surface area (Å²) >= 11 is 0. The number of urea groups is 1. The Balaban J connectivity index is 1.76. The predicted molar refractivity (Wildman–Crippen MR) is 102 cm³/mol. The molecule has 2 aromatic rings. The van der Waals surface area contributed by atoms with Gasteiger partial charge in [0.2, 0.25) is 5.91 Å². The SMILES string of the molecule is COc1ccc(C2(C)NC(=O)N(CC(=O)Nc3cc([N+](=O)[O-])ccc3F)C2=O)cc1. The lowest BCUT2D eigenvalue weighted by atomic mass is 9.92. The number of carbonyl (C=O) groups excluding carboxylic acids is 3. The third kappa shape index (κ3) is 3.77. The first-order valence-corrected chi connectivity index (χ1v) is 8.68. The van der Waals surface area contributed by atoms with Crippen LogP contribution in [0, 0.1) is 15.9 Å². The Morgan fingerprint density at radius 1 is 1.27 bits per heavy atom. The molecule has 2 N–H and O–H groups in total. The van der Waals surface area contributed by atoms with Gasteiger partial charge in [0, 0.05) is 12.1 Å². The molecule has 0 bridgehead atoms. The van der Waals surface area contributed by atoms with Crippen LogP contribution in [0.5, 0.6) is 5.75 Å². The molecule has 1 aliphatic heterocycles. The zero-order chi connectivity index (χ0) is 22.1. The van der Waals surface area contributed by atoms with Crippen molar-refractivity contribution >= 4 is 29.2 Å². The summed E-state index contributed by atoms with van der Waals surface area (Å²) in [5.74, 6) is -1.90. The van der Waals surface area contributed by atoms with Crippen molar-refractivity contribution in [3.05, 3.63) is 64.0 Å². The molecule has 1 heterocycles. The largest absolute Gasteiger partial charge is 0.497 e.